The van der Waals surface area contributed by atoms with E-state index in [-0.39, 0.29) is 11.8 Å². The molecule has 0 spiro atoms. The van der Waals surface area contributed by atoms with Crippen molar-refractivity contribution >= 4 is 5.78 Å². The van der Waals surface area contributed by atoms with Crippen molar-refractivity contribution in [2.45, 2.75) is 32.9 Å². The number of ketones is 1. The number of aliphatic hydroxyl groups is 1. The van der Waals surface area contributed by atoms with Crippen LogP contribution in [0, 0.1) is 13.8 Å². The van der Waals surface area contributed by atoms with Crippen LogP contribution in [0.15, 0.2) is 66.7 Å². The number of carbonyl (C=O) groups excluding carboxylic acids is 1. The van der Waals surface area contributed by atoms with Crippen LogP contribution < -0.4 is 0 Å². The van der Waals surface area contributed by atoms with E-state index in [0.717, 1.165) is 17.0 Å². The molecule has 0 radical (unpaired) electrons. The van der Waals surface area contributed by atoms with Gasteiger partial charge in [-0.05, 0) is 32.4 Å². The fraction of sp³-hybridized carbons (Fsp3) is 0.227. The molecule has 128 valence electrons. The fourth-order valence-electron chi connectivity index (χ4n) is 3.45. The standard InChI is InChI=1S/C22H23NO2/c1-15-14-20(22(25)19-12-8-5-9-13-19)16(2)23(15)17(3)21(24)18-10-6-4-7-11-18/h4-14,17,21,24H,1-3H3. The van der Waals surface area contributed by atoms with Crippen LogP contribution in [0.2, 0.25) is 0 Å². The van der Waals surface area contributed by atoms with Crippen LogP contribution in [0.4, 0.5) is 0 Å². The lowest BCUT2D eigenvalue weighted by molar-refractivity contribution is 0.103. The van der Waals surface area contributed by atoms with Crippen LogP contribution in [0.5, 0.6) is 0 Å². The second-order valence-corrected chi connectivity index (χ2v) is 6.45. The first-order chi connectivity index (χ1) is 12.0. The number of benzene rings is 2. The molecule has 2 aromatic carbocycles. The highest BCUT2D eigenvalue weighted by Crippen LogP contribution is 2.31. The second-order valence-electron chi connectivity index (χ2n) is 6.45. The van der Waals surface area contributed by atoms with Crippen LogP contribution in [0.1, 0.15) is 51.9 Å². The summed E-state index contributed by atoms with van der Waals surface area (Å²) in [4.78, 5) is 12.8. The van der Waals surface area contributed by atoms with Gasteiger partial charge in [-0.2, -0.15) is 0 Å². The van der Waals surface area contributed by atoms with E-state index in [1.807, 2.05) is 92.1 Å². The monoisotopic (exact) mass is 333 g/mol. The Morgan fingerprint density at radius 2 is 1.52 bits per heavy atom. The van der Waals surface area contributed by atoms with Gasteiger partial charge in [0.1, 0.15) is 0 Å². The summed E-state index contributed by atoms with van der Waals surface area (Å²) in [5.74, 6) is 0.0151. The van der Waals surface area contributed by atoms with Gasteiger partial charge in [-0.3, -0.25) is 4.79 Å². The molecule has 0 aliphatic carbocycles. The summed E-state index contributed by atoms with van der Waals surface area (Å²) in [6.45, 7) is 5.90. The van der Waals surface area contributed by atoms with Crippen LogP contribution in [0.25, 0.3) is 0 Å². The number of carbonyl (C=O) groups is 1. The van der Waals surface area contributed by atoms with E-state index < -0.39 is 6.10 Å². The summed E-state index contributed by atoms with van der Waals surface area (Å²) in [5, 5.41) is 10.8. The van der Waals surface area contributed by atoms with E-state index in [1.165, 1.54) is 0 Å². The Morgan fingerprint density at radius 1 is 0.960 bits per heavy atom. The molecule has 2 unspecified atom stereocenters. The van der Waals surface area contributed by atoms with Gasteiger partial charge in [-0.1, -0.05) is 60.7 Å². The lowest BCUT2D eigenvalue weighted by Gasteiger charge is -2.24. The minimum atomic E-state index is -0.634. The molecular formula is C22H23NO2. The molecule has 0 aliphatic rings. The van der Waals surface area contributed by atoms with Gasteiger partial charge in [0, 0.05) is 22.5 Å². The molecule has 0 amide bonds. The number of aliphatic hydroxyl groups excluding tert-OH is 1. The zero-order valence-electron chi connectivity index (χ0n) is 14.8. The van der Waals surface area contributed by atoms with Crippen molar-refractivity contribution in [3.8, 4) is 0 Å². The number of rotatable bonds is 5. The van der Waals surface area contributed by atoms with Gasteiger partial charge in [0.2, 0.25) is 0 Å². The number of aryl methyl sites for hydroxylation is 1. The Hall–Kier alpha value is -2.65. The molecule has 3 rings (SSSR count). The molecule has 0 saturated carbocycles. The van der Waals surface area contributed by atoms with Crippen molar-refractivity contribution in [1.29, 1.82) is 0 Å². The van der Waals surface area contributed by atoms with Gasteiger partial charge in [0.25, 0.3) is 0 Å². The van der Waals surface area contributed by atoms with Crippen molar-refractivity contribution in [1.82, 2.24) is 4.57 Å². The van der Waals surface area contributed by atoms with Crippen molar-refractivity contribution in [2.75, 3.05) is 0 Å². The third-order valence-electron chi connectivity index (χ3n) is 4.77. The maximum atomic E-state index is 12.8. The van der Waals surface area contributed by atoms with Crippen molar-refractivity contribution < 1.29 is 9.90 Å². The summed E-state index contributed by atoms with van der Waals surface area (Å²) in [5.41, 5.74) is 4.10. The molecule has 1 heterocycles. The zero-order valence-corrected chi connectivity index (χ0v) is 14.8. The molecule has 3 nitrogen and oxygen atoms in total. The maximum Gasteiger partial charge on any atom is 0.194 e. The summed E-state index contributed by atoms with van der Waals surface area (Å²) in [6.07, 6.45) is -0.634. The fourth-order valence-corrected chi connectivity index (χ4v) is 3.45. The number of hydrogen-bond donors (Lipinski definition) is 1. The third kappa shape index (κ3) is 3.28. The Morgan fingerprint density at radius 3 is 2.12 bits per heavy atom. The maximum absolute atomic E-state index is 12.8. The molecular weight excluding hydrogens is 310 g/mol. The molecule has 0 aliphatic heterocycles. The minimum Gasteiger partial charge on any atom is -0.386 e. The van der Waals surface area contributed by atoms with Crippen LogP contribution >= 0.6 is 0 Å². The molecule has 0 fully saturated rings. The Bertz CT molecular complexity index is 866. The molecule has 3 heteroatoms. The van der Waals surface area contributed by atoms with Gasteiger partial charge in [-0.25, -0.2) is 0 Å². The predicted octanol–water partition coefficient (Wildman–Crippen LogP) is 4.63. The van der Waals surface area contributed by atoms with Gasteiger partial charge < -0.3 is 9.67 Å². The topological polar surface area (TPSA) is 42.2 Å². The van der Waals surface area contributed by atoms with Gasteiger partial charge in [0.05, 0.1) is 12.1 Å². The van der Waals surface area contributed by atoms with E-state index in [2.05, 4.69) is 0 Å². The summed E-state index contributed by atoms with van der Waals surface area (Å²) in [7, 11) is 0. The first-order valence-corrected chi connectivity index (χ1v) is 8.52. The van der Waals surface area contributed by atoms with Crippen molar-refractivity contribution in [3.05, 3.63) is 94.8 Å². The minimum absolute atomic E-state index is 0.0151. The van der Waals surface area contributed by atoms with Crippen molar-refractivity contribution in [2.24, 2.45) is 0 Å². The highest BCUT2D eigenvalue weighted by Gasteiger charge is 2.24. The first-order valence-electron chi connectivity index (χ1n) is 8.52. The Balaban J connectivity index is 1.96. The van der Waals surface area contributed by atoms with Gasteiger partial charge in [-0.15, -0.1) is 0 Å². The average Bonchev–Trinajstić information content (AvgIpc) is 2.95. The van der Waals surface area contributed by atoms with E-state index >= 15 is 0 Å². The normalized spacial score (nSPS) is 13.4. The summed E-state index contributed by atoms with van der Waals surface area (Å²) in [6, 6.07) is 20.7. The molecule has 25 heavy (non-hydrogen) atoms. The SMILES string of the molecule is Cc1cc(C(=O)c2ccccc2)c(C)n1C(C)C(O)c1ccccc1. The highest BCUT2D eigenvalue weighted by atomic mass is 16.3. The second kappa shape index (κ2) is 7.08. The number of hydrogen-bond acceptors (Lipinski definition) is 2. The van der Waals surface area contributed by atoms with E-state index in [9.17, 15) is 9.90 Å². The molecule has 2 atom stereocenters. The molecule has 0 saturated heterocycles. The lowest BCUT2D eigenvalue weighted by Crippen LogP contribution is -2.17. The smallest absolute Gasteiger partial charge is 0.194 e. The first kappa shape index (κ1) is 17.2. The largest absolute Gasteiger partial charge is 0.386 e. The molecule has 3 aromatic rings. The molecule has 1 aromatic heterocycles. The summed E-state index contributed by atoms with van der Waals surface area (Å²) >= 11 is 0. The Kier molecular flexibility index (Phi) is 4.86. The van der Waals surface area contributed by atoms with Gasteiger partial charge in [0.15, 0.2) is 5.78 Å². The Labute approximate surface area is 148 Å². The summed E-state index contributed by atoms with van der Waals surface area (Å²) < 4.78 is 2.05. The quantitative estimate of drug-likeness (QED) is 0.692. The highest BCUT2D eigenvalue weighted by molar-refractivity contribution is 6.09. The van der Waals surface area contributed by atoms with Crippen LogP contribution in [0.3, 0.4) is 0 Å². The average molecular weight is 333 g/mol. The number of aromatic nitrogens is 1. The predicted molar refractivity (Wildman–Crippen MR) is 99.9 cm³/mol. The van der Waals surface area contributed by atoms with Gasteiger partial charge >= 0.3 is 0 Å². The molecule has 0 bridgehead atoms. The van der Waals surface area contributed by atoms with Crippen LogP contribution in [-0.2, 0) is 0 Å². The zero-order chi connectivity index (χ0) is 18.0. The van der Waals surface area contributed by atoms with E-state index in [4.69, 9.17) is 0 Å². The van der Waals surface area contributed by atoms with Crippen LogP contribution in [-0.4, -0.2) is 15.5 Å². The lowest BCUT2D eigenvalue weighted by atomic mass is 10.0. The molecule has 1 N–H and O–H groups in total. The van der Waals surface area contributed by atoms with E-state index in [0.29, 0.717) is 11.1 Å². The van der Waals surface area contributed by atoms with Crippen molar-refractivity contribution in [3.63, 3.8) is 0 Å². The van der Waals surface area contributed by atoms with E-state index in [1.54, 1.807) is 0 Å². The number of nitrogens with zero attached hydrogens (tertiary/aromatic N) is 1. The third-order valence-corrected chi connectivity index (χ3v) is 4.77.